The van der Waals surface area contributed by atoms with E-state index in [1.807, 2.05) is 25.3 Å². The Bertz CT molecular complexity index is 1140. The highest BCUT2D eigenvalue weighted by atomic mass is 32.1. The molecular weight excluding hydrogens is 332 g/mol. The molecule has 0 spiro atoms. The van der Waals surface area contributed by atoms with Crippen LogP contribution in [0, 0.1) is 6.92 Å². The normalized spacial score (nSPS) is 11.4. The van der Waals surface area contributed by atoms with E-state index in [4.69, 9.17) is 4.74 Å². The lowest BCUT2D eigenvalue weighted by atomic mass is 10.1. The Morgan fingerprint density at radius 2 is 2.00 bits per heavy atom. The molecule has 0 aliphatic heterocycles. The Morgan fingerprint density at radius 1 is 1.20 bits per heavy atom. The third kappa shape index (κ3) is 2.35. The highest BCUT2D eigenvalue weighted by Crippen LogP contribution is 2.40. The lowest BCUT2D eigenvalue weighted by Crippen LogP contribution is -1.92. The van der Waals surface area contributed by atoms with E-state index in [1.165, 1.54) is 16.7 Å². The van der Waals surface area contributed by atoms with Crippen molar-refractivity contribution in [2.45, 2.75) is 13.8 Å². The highest BCUT2D eigenvalue weighted by Gasteiger charge is 2.17. The second-order valence-electron chi connectivity index (χ2n) is 6.14. The van der Waals surface area contributed by atoms with Crippen molar-refractivity contribution < 1.29 is 9.53 Å². The zero-order chi connectivity index (χ0) is 17.7. The van der Waals surface area contributed by atoms with Gasteiger partial charge in [-0.1, -0.05) is 0 Å². The number of thiophene rings is 1. The Balaban J connectivity index is 2.06. The van der Waals surface area contributed by atoms with Gasteiger partial charge in [0.25, 0.3) is 0 Å². The Morgan fingerprint density at radius 3 is 2.68 bits per heavy atom. The van der Waals surface area contributed by atoms with Crippen molar-refractivity contribution in [1.29, 1.82) is 0 Å². The maximum atomic E-state index is 11.6. The molecule has 0 amide bonds. The molecular formula is C20H18N2O2S. The van der Waals surface area contributed by atoms with Gasteiger partial charge in [0, 0.05) is 40.5 Å². The van der Waals surface area contributed by atoms with Gasteiger partial charge >= 0.3 is 0 Å². The van der Waals surface area contributed by atoms with Gasteiger partial charge in [-0.05, 0) is 38.1 Å². The second kappa shape index (κ2) is 5.70. The fourth-order valence-electron chi connectivity index (χ4n) is 3.42. The van der Waals surface area contributed by atoms with Crippen molar-refractivity contribution in [2.75, 3.05) is 7.11 Å². The van der Waals surface area contributed by atoms with Gasteiger partial charge in [0.2, 0.25) is 0 Å². The summed E-state index contributed by atoms with van der Waals surface area (Å²) in [6, 6.07) is 10.1. The Labute approximate surface area is 149 Å². The summed E-state index contributed by atoms with van der Waals surface area (Å²) in [5, 5.41) is 2.34. The van der Waals surface area contributed by atoms with Gasteiger partial charge in [-0.2, -0.15) is 0 Å². The molecule has 0 unspecified atom stereocenters. The lowest BCUT2D eigenvalue weighted by Gasteiger charge is -2.08. The highest BCUT2D eigenvalue weighted by molar-refractivity contribution is 7.17. The van der Waals surface area contributed by atoms with Crippen molar-refractivity contribution in [3.8, 4) is 16.2 Å². The van der Waals surface area contributed by atoms with E-state index in [2.05, 4.69) is 34.8 Å². The smallest absolute Gasteiger partial charge is 0.169 e. The number of fused-ring (bicyclic) bond motifs is 3. The fourth-order valence-corrected chi connectivity index (χ4v) is 4.34. The molecule has 3 aromatic heterocycles. The number of hydrogen-bond donors (Lipinski definition) is 0. The van der Waals surface area contributed by atoms with Gasteiger partial charge < -0.3 is 9.30 Å². The summed E-state index contributed by atoms with van der Waals surface area (Å²) in [6.07, 6.45) is 1.85. The molecule has 0 radical (unpaired) electrons. The summed E-state index contributed by atoms with van der Waals surface area (Å²) in [5.41, 5.74) is 4.25. The molecule has 0 bridgehead atoms. The number of pyridine rings is 1. The summed E-state index contributed by atoms with van der Waals surface area (Å²) in [5.74, 6) is 0.893. The molecule has 0 aliphatic carbocycles. The first kappa shape index (κ1) is 15.8. The summed E-state index contributed by atoms with van der Waals surface area (Å²) >= 11 is 1.50. The van der Waals surface area contributed by atoms with Gasteiger partial charge in [0.05, 0.1) is 28.7 Å². The van der Waals surface area contributed by atoms with Gasteiger partial charge in [0.1, 0.15) is 5.75 Å². The molecule has 0 atom stereocenters. The minimum absolute atomic E-state index is 0.0863. The van der Waals surface area contributed by atoms with E-state index < -0.39 is 0 Å². The average molecular weight is 350 g/mol. The van der Waals surface area contributed by atoms with Crippen molar-refractivity contribution in [3.05, 3.63) is 47.1 Å². The number of methoxy groups -OCH3 is 1. The third-order valence-corrected chi connectivity index (χ3v) is 5.85. The Kier molecular flexibility index (Phi) is 3.62. The van der Waals surface area contributed by atoms with Gasteiger partial charge in [-0.15, -0.1) is 11.3 Å². The van der Waals surface area contributed by atoms with Crippen LogP contribution in [0.1, 0.15) is 22.3 Å². The molecule has 126 valence electrons. The van der Waals surface area contributed by atoms with Crippen LogP contribution in [0.2, 0.25) is 0 Å². The summed E-state index contributed by atoms with van der Waals surface area (Å²) in [6.45, 7) is 3.62. The molecule has 5 heteroatoms. The van der Waals surface area contributed by atoms with E-state index in [0.29, 0.717) is 0 Å². The minimum Gasteiger partial charge on any atom is -0.496 e. The van der Waals surface area contributed by atoms with Gasteiger partial charge in [-0.25, -0.2) is 0 Å². The maximum absolute atomic E-state index is 11.6. The molecule has 4 rings (SSSR count). The number of ether oxygens (including phenoxy) is 1. The minimum atomic E-state index is 0.0863. The molecule has 0 fully saturated rings. The molecule has 1 aromatic carbocycles. The lowest BCUT2D eigenvalue weighted by molar-refractivity contribution is 0.102. The van der Waals surface area contributed by atoms with Crippen molar-refractivity contribution in [3.63, 3.8) is 0 Å². The van der Waals surface area contributed by atoms with Crippen molar-refractivity contribution >= 4 is 38.9 Å². The van der Waals surface area contributed by atoms with E-state index in [-0.39, 0.29) is 5.78 Å². The number of benzene rings is 1. The maximum Gasteiger partial charge on any atom is 0.169 e. The number of rotatable bonds is 3. The van der Waals surface area contributed by atoms with Crippen LogP contribution < -0.4 is 4.74 Å². The molecule has 0 aliphatic rings. The van der Waals surface area contributed by atoms with Crippen LogP contribution in [0.4, 0.5) is 0 Å². The average Bonchev–Trinajstić information content (AvgIpc) is 3.19. The number of aromatic nitrogens is 2. The first-order chi connectivity index (χ1) is 12.0. The fraction of sp³-hybridized carbons (Fsp3) is 0.200. The van der Waals surface area contributed by atoms with Crippen LogP contribution in [0.25, 0.3) is 32.2 Å². The number of Topliss-reactive ketones (excluding diaryl/α,β-unsaturated/α-hetero) is 1. The zero-order valence-corrected chi connectivity index (χ0v) is 15.4. The SMILES string of the molecule is COc1cc2c(cc1-c1ccc(C(C)=O)s1)c1ccnc(C)c1n2C. The van der Waals surface area contributed by atoms with Crippen LogP contribution in [0.15, 0.2) is 36.5 Å². The van der Waals surface area contributed by atoms with E-state index in [1.54, 1.807) is 14.0 Å². The predicted octanol–water partition coefficient (Wildman–Crippen LogP) is 4.97. The number of carbonyl (C=O) groups excluding carboxylic acids is 1. The third-order valence-electron chi connectivity index (χ3n) is 4.63. The number of aryl methyl sites for hydroxylation is 2. The van der Waals surface area contributed by atoms with E-state index in [0.717, 1.165) is 43.2 Å². The monoisotopic (exact) mass is 350 g/mol. The van der Waals surface area contributed by atoms with Crippen molar-refractivity contribution in [2.24, 2.45) is 7.05 Å². The van der Waals surface area contributed by atoms with Gasteiger partial charge in [0.15, 0.2) is 5.78 Å². The molecule has 0 saturated heterocycles. The molecule has 25 heavy (non-hydrogen) atoms. The summed E-state index contributed by atoms with van der Waals surface area (Å²) in [7, 11) is 3.73. The number of hydrogen-bond acceptors (Lipinski definition) is 4. The van der Waals surface area contributed by atoms with Crippen LogP contribution in [0.3, 0.4) is 0 Å². The molecule has 3 heterocycles. The molecule has 4 nitrogen and oxygen atoms in total. The zero-order valence-electron chi connectivity index (χ0n) is 14.6. The van der Waals surface area contributed by atoms with Crippen molar-refractivity contribution in [1.82, 2.24) is 9.55 Å². The standard InChI is InChI=1S/C20H18N2O2S/c1-11-20-13(7-8-21-11)14-9-15(17(24-4)10-16(14)22(20)3)19-6-5-18(25-19)12(2)23/h5-10H,1-4H3. The Hall–Kier alpha value is -2.66. The first-order valence-electron chi connectivity index (χ1n) is 8.04. The summed E-state index contributed by atoms with van der Waals surface area (Å²) in [4.78, 5) is 17.9. The first-order valence-corrected chi connectivity index (χ1v) is 8.85. The quantitative estimate of drug-likeness (QED) is 0.490. The number of carbonyl (C=O) groups is 1. The molecule has 0 saturated carbocycles. The topological polar surface area (TPSA) is 44.1 Å². The van der Waals surface area contributed by atoms with Crippen LogP contribution >= 0.6 is 11.3 Å². The molecule has 0 N–H and O–H groups in total. The van der Waals surface area contributed by atoms with E-state index in [9.17, 15) is 4.79 Å². The second-order valence-corrected chi connectivity index (χ2v) is 7.23. The number of ketones is 1. The predicted molar refractivity (Wildman–Crippen MR) is 103 cm³/mol. The van der Waals surface area contributed by atoms with Crippen LogP contribution in [-0.2, 0) is 7.05 Å². The molecule has 4 aromatic rings. The number of nitrogens with zero attached hydrogens (tertiary/aromatic N) is 2. The van der Waals surface area contributed by atoms with Gasteiger partial charge in [-0.3, -0.25) is 9.78 Å². The summed E-state index contributed by atoms with van der Waals surface area (Å²) < 4.78 is 7.81. The largest absolute Gasteiger partial charge is 0.496 e. The van der Waals surface area contributed by atoms with Crippen LogP contribution in [0.5, 0.6) is 5.75 Å². The van der Waals surface area contributed by atoms with E-state index >= 15 is 0 Å². The van der Waals surface area contributed by atoms with Crippen LogP contribution in [-0.4, -0.2) is 22.4 Å².